The van der Waals surface area contributed by atoms with Gasteiger partial charge in [-0.05, 0) is 31.2 Å². The normalized spacial score (nSPS) is 17.1. The molecule has 1 aromatic carbocycles. The van der Waals surface area contributed by atoms with Gasteiger partial charge >= 0.3 is 0 Å². The van der Waals surface area contributed by atoms with Gasteiger partial charge in [-0.3, -0.25) is 4.98 Å². The van der Waals surface area contributed by atoms with Crippen molar-refractivity contribution in [3.05, 3.63) is 30.6 Å². The lowest BCUT2D eigenvalue weighted by atomic mass is 9.84. The molecule has 4 heteroatoms. The van der Waals surface area contributed by atoms with Crippen molar-refractivity contribution in [3.8, 4) is 0 Å². The molecule has 0 aliphatic heterocycles. The summed E-state index contributed by atoms with van der Waals surface area (Å²) >= 11 is 1.97. The molecular formula is C15H19N3S. The fraction of sp³-hybridized carbons (Fsp3) is 0.400. The first-order valence-corrected chi connectivity index (χ1v) is 7.88. The third-order valence-electron chi connectivity index (χ3n) is 4.16. The molecule has 1 saturated carbocycles. The molecule has 19 heavy (non-hydrogen) atoms. The number of fused-ring (bicyclic) bond motifs is 1. The molecule has 1 aliphatic carbocycles. The van der Waals surface area contributed by atoms with Crippen molar-refractivity contribution < 1.29 is 0 Å². The molecule has 1 aliphatic rings. The van der Waals surface area contributed by atoms with Crippen molar-refractivity contribution in [2.24, 2.45) is 0 Å². The maximum atomic E-state index is 6.25. The highest BCUT2D eigenvalue weighted by Gasteiger charge is 2.35. The topological polar surface area (TPSA) is 50.9 Å². The summed E-state index contributed by atoms with van der Waals surface area (Å²) in [5.74, 6) is 0. The zero-order chi connectivity index (χ0) is 13.3. The first-order valence-electron chi connectivity index (χ1n) is 6.65. The second-order valence-corrected chi connectivity index (χ2v) is 6.49. The summed E-state index contributed by atoms with van der Waals surface area (Å²) in [6, 6.07) is 6.11. The molecule has 1 heterocycles. The Kier molecular flexibility index (Phi) is 3.27. The van der Waals surface area contributed by atoms with Gasteiger partial charge in [0.15, 0.2) is 0 Å². The van der Waals surface area contributed by atoms with Crippen LogP contribution in [0.4, 0.5) is 11.4 Å². The molecule has 2 aromatic rings. The van der Waals surface area contributed by atoms with Gasteiger partial charge in [0.05, 0.1) is 11.4 Å². The number of benzene rings is 1. The lowest BCUT2D eigenvalue weighted by Crippen LogP contribution is -2.40. The molecular weight excluding hydrogens is 254 g/mol. The fourth-order valence-corrected chi connectivity index (χ4v) is 3.54. The number of nitrogens with one attached hydrogen (secondary N) is 1. The van der Waals surface area contributed by atoms with Crippen LogP contribution >= 0.6 is 11.8 Å². The standard InChI is InChI=1S/C15H19N3S/c1-19-15(6-2-7-15)10-18-13-4-3-11-9-17-8-5-12(11)14(13)16/h3-5,8-9,18H,2,6-7,10,16H2,1H3. The molecule has 0 bridgehead atoms. The van der Waals surface area contributed by atoms with Gasteiger partial charge in [0.2, 0.25) is 0 Å². The first kappa shape index (κ1) is 12.6. The van der Waals surface area contributed by atoms with Crippen LogP contribution in [0.1, 0.15) is 19.3 Å². The third-order valence-corrected chi connectivity index (χ3v) is 5.58. The van der Waals surface area contributed by atoms with Crippen molar-refractivity contribution in [2.75, 3.05) is 23.9 Å². The Morgan fingerprint density at radius 1 is 1.37 bits per heavy atom. The summed E-state index contributed by atoms with van der Waals surface area (Å²) in [5, 5.41) is 5.70. The monoisotopic (exact) mass is 273 g/mol. The van der Waals surface area contributed by atoms with E-state index >= 15 is 0 Å². The summed E-state index contributed by atoms with van der Waals surface area (Å²) in [4.78, 5) is 4.13. The van der Waals surface area contributed by atoms with E-state index in [0.717, 1.165) is 28.7 Å². The third kappa shape index (κ3) is 2.25. The Bertz CT molecular complexity index is 587. The van der Waals surface area contributed by atoms with Crippen LogP contribution in [0.5, 0.6) is 0 Å². The fourth-order valence-electron chi connectivity index (χ4n) is 2.63. The van der Waals surface area contributed by atoms with Crippen molar-refractivity contribution in [3.63, 3.8) is 0 Å². The summed E-state index contributed by atoms with van der Waals surface area (Å²) < 4.78 is 0.416. The molecule has 100 valence electrons. The largest absolute Gasteiger partial charge is 0.397 e. The summed E-state index contributed by atoms with van der Waals surface area (Å²) in [6.07, 6.45) is 9.80. The van der Waals surface area contributed by atoms with Gasteiger partial charge < -0.3 is 11.1 Å². The number of aromatic nitrogens is 1. The predicted octanol–water partition coefficient (Wildman–Crippen LogP) is 3.51. The average Bonchev–Trinajstić information content (AvgIpc) is 2.40. The second kappa shape index (κ2) is 4.93. The number of hydrogen-bond donors (Lipinski definition) is 2. The molecule has 3 rings (SSSR count). The number of nitrogens with two attached hydrogens (primary N) is 1. The summed E-state index contributed by atoms with van der Waals surface area (Å²) in [6.45, 7) is 0.995. The molecule has 0 unspecified atom stereocenters. The Morgan fingerprint density at radius 3 is 2.89 bits per heavy atom. The van der Waals surface area contributed by atoms with Crippen molar-refractivity contribution in [1.82, 2.24) is 4.98 Å². The minimum Gasteiger partial charge on any atom is -0.397 e. The minimum atomic E-state index is 0.416. The maximum Gasteiger partial charge on any atom is 0.0630 e. The molecule has 1 aromatic heterocycles. The number of hydrogen-bond acceptors (Lipinski definition) is 4. The van der Waals surface area contributed by atoms with Crippen molar-refractivity contribution in [2.45, 2.75) is 24.0 Å². The maximum absolute atomic E-state index is 6.25. The minimum absolute atomic E-state index is 0.416. The van der Waals surface area contributed by atoms with Crippen LogP contribution in [0.15, 0.2) is 30.6 Å². The van der Waals surface area contributed by atoms with E-state index in [9.17, 15) is 0 Å². The highest BCUT2D eigenvalue weighted by Crippen LogP contribution is 2.43. The van der Waals surface area contributed by atoms with Crippen LogP contribution in [0.3, 0.4) is 0 Å². The van der Waals surface area contributed by atoms with E-state index in [2.05, 4.69) is 28.7 Å². The number of rotatable bonds is 4. The number of anilines is 2. The van der Waals surface area contributed by atoms with Gasteiger partial charge in [0, 0.05) is 34.5 Å². The van der Waals surface area contributed by atoms with E-state index < -0.39 is 0 Å². The predicted molar refractivity (Wildman–Crippen MR) is 84.7 cm³/mol. The number of nitrogens with zero attached hydrogens (tertiary/aromatic N) is 1. The lowest BCUT2D eigenvalue weighted by molar-refractivity contribution is 0.380. The van der Waals surface area contributed by atoms with Gasteiger partial charge in [-0.2, -0.15) is 11.8 Å². The Morgan fingerprint density at radius 2 is 2.21 bits per heavy atom. The Hall–Kier alpha value is -1.42. The van der Waals surface area contributed by atoms with Crippen LogP contribution in [0.2, 0.25) is 0 Å². The van der Waals surface area contributed by atoms with E-state index in [1.165, 1.54) is 19.3 Å². The number of nitrogen functional groups attached to an aromatic ring is 1. The zero-order valence-corrected chi connectivity index (χ0v) is 12.0. The van der Waals surface area contributed by atoms with E-state index in [1.54, 1.807) is 6.20 Å². The zero-order valence-electron chi connectivity index (χ0n) is 11.1. The van der Waals surface area contributed by atoms with E-state index in [0.29, 0.717) is 4.75 Å². The van der Waals surface area contributed by atoms with Crippen molar-refractivity contribution >= 4 is 33.9 Å². The summed E-state index contributed by atoms with van der Waals surface area (Å²) in [5.41, 5.74) is 8.12. The number of pyridine rings is 1. The van der Waals surface area contributed by atoms with Gasteiger partial charge in [-0.1, -0.05) is 12.5 Å². The van der Waals surface area contributed by atoms with Crippen LogP contribution < -0.4 is 11.1 Å². The molecule has 0 radical (unpaired) electrons. The lowest BCUT2D eigenvalue weighted by Gasteiger charge is -2.40. The smallest absolute Gasteiger partial charge is 0.0630 e. The van der Waals surface area contributed by atoms with Gasteiger partial charge in [0.25, 0.3) is 0 Å². The first-order chi connectivity index (χ1) is 9.24. The van der Waals surface area contributed by atoms with E-state index in [-0.39, 0.29) is 0 Å². The van der Waals surface area contributed by atoms with Crippen LogP contribution in [-0.2, 0) is 0 Å². The molecule has 1 fully saturated rings. The second-order valence-electron chi connectivity index (χ2n) is 5.22. The SMILES string of the molecule is CSC1(CNc2ccc3cnccc3c2N)CCC1. The molecule has 3 N–H and O–H groups in total. The summed E-state index contributed by atoms with van der Waals surface area (Å²) in [7, 11) is 0. The van der Waals surface area contributed by atoms with E-state index in [1.807, 2.05) is 24.0 Å². The molecule has 3 nitrogen and oxygen atoms in total. The van der Waals surface area contributed by atoms with Crippen molar-refractivity contribution in [1.29, 1.82) is 0 Å². The Balaban J connectivity index is 1.83. The van der Waals surface area contributed by atoms with Gasteiger partial charge in [-0.25, -0.2) is 0 Å². The average molecular weight is 273 g/mol. The highest BCUT2D eigenvalue weighted by atomic mass is 32.2. The van der Waals surface area contributed by atoms with Crippen LogP contribution in [0, 0.1) is 0 Å². The van der Waals surface area contributed by atoms with Gasteiger partial charge in [-0.15, -0.1) is 0 Å². The quantitative estimate of drug-likeness (QED) is 0.837. The number of thioether (sulfide) groups is 1. The molecule has 0 atom stereocenters. The highest BCUT2D eigenvalue weighted by molar-refractivity contribution is 8.00. The van der Waals surface area contributed by atoms with Gasteiger partial charge in [0.1, 0.15) is 0 Å². The van der Waals surface area contributed by atoms with E-state index in [4.69, 9.17) is 5.73 Å². The van der Waals surface area contributed by atoms with Crippen LogP contribution in [-0.4, -0.2) is 22.5 Å². The molecule has 0 amide bonds. The van der Waals surface area contributed by atoms with Crippen LogP contribution in [0.25, 0.3) is 10.8 Å². The molecule has 0 saturated heterocycles. The Labute approximate surface area is 118 Å². The molecule has 0 spiro atoms.